The van der Waals surface area contributed by atoms with E-state index in [0.29, 0.717) is 23.0 Å². The highest BCUT2D eigenvalue weighted by molar-refractivity contribution is 6.09. The fourth-order valence-corrected chi connectivity index (χ4v) is 2.30. The quantitative estimate of drug-likeness (QED) is 0.534. The largest absolute Gasteiger partial charge is 0.507 e. The number of rotatable bonds is 4. The van der Waals surface area contributed by atoms with Crippen LogP contribution in [0.1, 0.15) is 28.4 Å². The van der Waals surface area contributed by atoms with Gasteiger partial charge < -0.3 is 14.4 Å². The van der Waals surface area contributed by atoms with Gasteiger partial charge >= 0.3 is 5.63 Å². The fraction of sp³-hybridized carbons (Fsp3) is 0.294. The van der Waals surface area contributed by atoms with Crippen molar-refractivity contribution < 1.29 is 14.3 Å². The third-order valence-electron chi connectivity index (χ3n) is 3.50. The number of allylic oxidation sites excluding steroid dienone is 1. The molecule has 0 saturated heterocycles. The second-order valence-electron chi connectivity index (χ2n) is 5.36. The summed E-state index contributed by atoms with van der Waals surface area (Å²) in [6.07, 6.45) is 3.64. The van der Waals surface area contributed by atoms with Gasteiger partial charge in [0.15, 0.2) is 5.78 Å². The van der Waals surface area contributed by atoms with Crippen LogP contribution >= 0.6 is 0 Å². The second kappa shape index (κ2) is 6.05. The summed E-state index contributed by atoms with van der Waals surface area (Å²) in [7, 11) is 3.61. The molecule has 116 valence electrons. The van der Waals surface area contributed by atoms with Gasteiger partial charge in [-0.1, -0.05) is 6.92 Å². The number of aryl methyl sites for hydroxylation is 2. The first-order valence-electron chi connectivity index (χ1n) is 7.03. The third kappa shape index (κ3) is 2.88. The van der Waals surface area contributed by atoms with E-state index in [4.69, 9.17) is 4.42 Å². The van der Waals surface area contributed by atoms with Gasteiger partial charge in [-0.25, -0.2) is 4.79 Å². The molecule has 2 rings (SSSR count). The summed E-state index contributed by atoms with van der Waals surface area (Å²) in [5.74, 6) is -0.457. The van der Waals surface area contributed by atoms with Crippen LogP contribution in [0.4, 0.5) is 0 Å². The molecule has 5 heteroatoms. The highest BCUT2D eigenvalue weighted by atomic mass is 16.4. The Balaban J connectivity index is 2.72. The summed E-state index contributed by atoms with van der Waals surface area (Å²) in [5.41, 5.74) is 1.26. The maximum absolute atomic E-state index is 12.3. The number of phenolic OH excluding ortho intramolecular Hbond substituents is 1. The molecule has 0 radical (unpaired) electrons. The van der Waals surface area contributed by atoms with Crippen LogP contribution in [-0.4, -0.2) is 29.9 Å². The standard InChI is InChI=1S/C17H19NO4/c1-5-11-8-15(20)22-17-10(2)16(21)13(9-12(11)17)14(19)6-7-18(3)4/h6-9,21H,5H2,1-4H3. The number of benzene rings is 1. The van der Waals surface area contributed by atoms with E-state index < -0.39 is 5.63 Å². The van der Waals surface area contributed by atoms with Crippen LogP contribution in [0, 0.1) is 6.92 Å². The van der Waals surface area contributed by atoms with Crippen LogP contribution in [0.25, 0.3) is 11.0 Å². The van der Waals surface area contributed by atoms with E-state index in [2.05, 4.69) is 0 Å². The average Bonchev–Trinajstić information content (AvgIpc) is 2.48. The van der Waals surface area contributed by atoms with Crippen LogP contribution in [0.15, 0.2) is 33.6 Å². The molecule has 22 heavy (non-hydrogen) atoms. The van der Waals surface area contributed by atoms with Crippen LogP contribution < -0.4 is 5.63 Å². The lowest BCUT2D eigenvalue weighted by molar-refractivity contribution is 0.104. The van der Waals surface area contributed by atoms with Crippen molar-refractivity contribution in [3.63, 3.8) is 0 Å². The van der Waals surface area contributed by atoms with Crippen molar-refractivity contribution in [2.24, 2.45) is 0 Å². The molecular formula is C17H19NO4. The number of carbonyl (C=O) groups excluding carboxylic acids is 1. The molecule has 5 nitrogen and oxygen atoms in total. The number of aromatic hydroxyl groups is 1. The molecule has 0 unspecified atom stereocenters. The van der Waals surface area contributed by atoms with Gasteiger partial charge in [0.2, 0.25) is 0 Å². The Morgan fingerprint density at radius 2 is 2.05 bits per heavy atom. The molecule has 1 aromatic heterocycles. The molecule has 0 aliphatic carbocycles. The minimum atomic E-state index is -0.460. The molecule has 1 N–H and O–H groups in total. The summed E-state index contributed by atoms with van der Waals surface area (Å²) in [6.45, 7) is 3.55. The number of hydrogen-bond acceptors (Lipinski definition) is 5. The summed E-state index contributed by atoms with van der Waals surface area (Å²) in [4.78, 5) is 25.6. The van der Waals surface area contributed by atoms with Crippen molar-refractivity contribution in [3.05, 3.63) is 51.5 Å². The molecule has 2 aromatic rings. The van der Waals surface area contributed by atoms with Gasteiger partial charge in [-0.15, -0.1) is 0 Å². The van der Waals surface area contributed by atoms with Gasteiger partial charge in [0, 0.05) is 43.4 Å². The first-order chi connectivity index (χ1) is 10.3. The molecule has 0 fully saturated rings. The Morgan fingerprint density at radius 3 is 2.64 bits per heavy atom. The Morgan fingerprint density at radius 1 is 1.36 bits per heavy atom. The lowest BCUT2D eigenvalue weighted by atomic mass is 9.98. The minimum Gasteiger partial charge on any atom is -0.507 e. The normalized spacial score (nSPS) is 11.3. The van der Waals surface area contributed by atoms with Gasteiger partial charge in [0.05, 0.1) is 5.56 Å². The lowest BCUT2D eigenvalue weighted by Gasteiger charge is -2.11. The van der Waals surface area contributed by atoms with E-state index in [0.717, 1.165) is 5.56 Å². The summed E-state index contributed by atoms with van der Waals surface area (Å²) in [5, 5.41) is 10.9. The zero-order valence-corrected chi connectivity index (χ0v) is 13.1. The fourth-order valence-electron chi connectivity index (χ4n) is 2.30. The number of hydrogen-bond donors (Lipinski definition) is 1. The van der Waals surface area contributed by atoms with Crippen LogP contribution in [0.3, 0.4) is 0 Å². The van der Waals surface area contributed by atoms with Crippen molar-refractivity contribution in [3.8, 4) is 5.75 Å². The molecule has 0 aliphatic heterocycles. The van der Waals surface area contributed by atoms with Gasteiger partial charge in [-0.05, 0) is 25.0 Å². The molecule has 0 amide bonds. The number of phenols is 1. The van der Waals surface area contributed by atoms with Crippen molar-refractivity contribution in [2.45, 2.75) is 20.3 Å². The molecule has 0 bridgehead atoms. The summed E-state index contributed by atoms with van der Waals surface area (Å²) >= 11 is 0. The average molecular weight is 301 g/mol. The van der Waals surface area contributed by atoms with E-state index in [1.807, 2.05) is 6.92 Å². The molecule has 0 atom stereocenters. The zero-order valence-electron chi connectivity index (χ0n) is 13.1. The van der Waals surface area contributed by atoms with Crippen LogP contribution in [0.5, 0.6) is 5.75 Å². The van der Waals surface area contributed by atoms with Gasteiger partial charge in [0.25, 0.3) is 0 Å². The van der Waals surface area contributed by atoms with E-state index >= 15 is 0 Å². The maximum Gasteiger partial charge on any atom is 0.336 e. The summed E-state index contributed by atoms with van der Waals surface area (Å²) in [6, 6.07) is 3.00. The maximum atomic E-state index is 12.3. The Labute approximate surface area is 128 Å². The van der Waals surface area contributed by atoms with E-state index in [-0.39, 0.29) is 17.1 Å². The number of fused-ring (bicyclic) bond motifs is 1. The van der Waals surface area contributed by atoms with Gasteiger partial charge in [0.1, 0.15) is 11.3 Å². The topological polar surface area (TPSA) is 70.7 Å². The SMILES string of the molecule is CCc1cc(=O)oc2c(C)c(O)c(C(=O)C=CN(C)C)cc12. The van der Waals surface area contributed by atoms with E-state index in [9.17, 15) is 14.7 Å². The molecule has 0 saturated carbocycles. The second-order valence-corrected chi connectivity index (χ2v) is 5.36. The Kier molecular flexibility index (Phi) is 4.35. The molecule has 1 aromatic carbocycles. The highest BCUT2D eigenvalue weighted by Gasteiger charge is 2.17. The van der Waals surface area contributed by atoms with Crippen molar-refractivity contribution in [2.75, 3.05) is 14.1 Å². The van der Waals surface area contributed by atoms with Gasteiger partial charge in [-0.2, -0.15) is 0 Å². The third-order valence-corrected chi connectivity index (χ3v) is 3.50. The first kappa shape index (κ1) is 15.8. The lowest BCUT2D eigenvalue weighted by Crippen LogP contribution is -2.05. The molecule has 0 aliphatic rings. The monoisotopic (exact) mass is 301 g/mol. The van der Waals surface area contributed by atoms with E-state index in [1.54, 1.807) is 38.2 Å². The highest BCUT2D eigenvalue weighted by Crippen LogP contribution is 2.32. The predicted molar refractivity (Wildman–Crippen MR) is 85.4 cm³/mol. The van der Waals surface area contributed by atoms with E-state index in [1.165, 1.54) is 12.1 Å². The van der Waals surface area contributed by atoms with Crippen molar-refractivity contribution >= 4 is 16.8 Å². The smallest absolute Gasteiger partial charge is 0.336 e. The number of nitrogens with zero attached hydrogens (tertiary/aromatic N) is 1. The van der Waals surface area contributed by atoms with Crippen LogP contribution in [0.2, 0.25) is 0 Å². The number of carbonyl (C=O) groups is 1. The zero-order chi connectivity index (χ0) is 16.4. The molecule has 0 spiro atoms. The molecular weight excluding hydrogens is 282 g/mol. The van der Waals surface area contributed by atoms with Crippen LogP contribution in [-0.2, 0) is 6.42 Å². The minimum absolute atomic E-state index is 0.155. The van der Waals surface area contributed by atoms with Crippen molar-refractivity contribution in [1.82, 2.24) is 4.90 Å². The Hall–Kier alpha value is -2.56. The summed E-state index contributed by atoms with van der Waals surface area (Å²) < 4.78 is 5.20. The molecule has 1 heterocycles. The van der Waals surface area contributed by atoms with Gasteiger partial charge in [-0.3, -0.25) is 4.79 Å². The van der Waals surface area contributed by atoms with Crippen molar-refractivity contribution in [1.29, 1.82) is 0 Å². The number of ketones is 1. The first-order valence-corrected chi connectivity index (χ1v) is 7.03. The predicted octanol–water partition coefficient (Wildman–Crippen LogP) is 2.63. The Bertz CT molecular complexity index is 815.